The van der Waals surface area contributed by atoms with Crippen LogP contribution in [0.3, 0.4) is 0 Å². The van der Waals surface area contributed by atoms with Gasteiger partial charge < -0.3 is 10.2 Å². The van der Waals surface area contributed by atoms with Crippen molar-refractivity contribution in [3.05, 3.63) is 47.5 Å². The fourth-order valence-corrected chi connectivity index (χ4v) is 3.16. The maximum Gasteiger partial charge on any atom is 0.127 e. The van der Waals surface area contributed by atoms with Crippen molar-refractivity contribution in [3.63, 3.8) is 0 Å². The smallest absolute Gasteiger partial charge is 0.127 e. The zero-order chi connectivity index (χ0) is 17.7. The van der Waals surface area contributed by atoms with Gasteiger partial charge in [0.15, 0.2) is 0 Å². The summed E-state index contributed by atoms with van der Waals surface area (Å²) in [5, 5.41) is 21.0. The van der Waals surface area contributed by atoms with Crippen LogP contribution in [0.25, 0.3) is 11.1 Å². The number of rotatable bonds is 7. The van der Waals surface area contributed by atoms with Gasteiger partial charge in [-0.2, -0.15) is 0 Å². The average molecular weight is 326 g/mol. The molecule has 0 spiro atoms. The Morgan fingerprint density at radius 1 is 0.875 bits per heavy atom. The van der Waals surface area contributed by atoms with Crippen LogP contribution in [-0.2, 0) is 5.41 Å². The van der Waals surface area contributed by atoms with Crippen molar-refractivity contribution >= 4 is 0 Å². The van der Waals surface area contributed by atoms with Gasteiger partial charge in [0.2, 0.25) is 0 Å². The van der Waals surface area contributed by atoms with Gasteiger partial charge in [0, 0.05) is 0 Å². The summed E-state index contributed by atoms with van der Waals surface area (Å²) in [4.78, 5) is 0. The summed E-state index contributed by atoms with van der Waals surface area (Å²) in [6.07, 6.45) is 5.95. The average Bonchev–Trinajstić information content (AvgIpc) is 2.52. The summed E-state index contributed by atoms with van der Waals surface area (Å²) < 4.78 is 0. The van der Waals surface area contributed by atoms with E-state index < -0.39 is 0 Å². The van der Waals surface area contributed by atoms with Crippen LogP contribution >= 0.6 is 0 Å². The molecule has 0 saturated heterocycles. The molecule has 2 aromatic rings. The summed E-state index contributed by atoms with van der Waals surface area (Å²) in [7, 11) is 0. The third-order valence-corrected chi connectivity index (χ3v) is 4.87. The SMILES string of the molecule is CCCCCCC(C)(C)c1cc(O)c(-c2ccc(C)cc2)c(O)c1. The van der Waals surface area contributed by atoms with Crippen LogP contribution in [0.5, 0.6) is 11.5 Å². The summed E-state index contributed by atoms with van der Waals surface area (Å²) in [6.45, 7) is 8.59. The highest BCUT2D eigenvalue weighted by Crippen LogP contribution is 2.42. The molecule has 0 aromatic heterocycles. The summed E-state index contributed by atoms with van der Waals surface area (Å²) >= 11 is 0. The van der Waals surface area contributed by atoms with E-state index in [9.17, 15) is 10.2 Å². The largest absolute Gasteiger partial charge is 0.507 e. The highest BCUT2D eigenvalue weighted by Gasteiger charge is 2.23. The molecule has 0 atom stereocenters. The predicted molar refractivity (Wildman–Crippen MR) is 102 cm³/mol. The van der Waals surface area contributed by atoms with Gasteiger partial charge in [-0.15, -0.1) is 0 Å². The van der Waals surface area contributed by atoms with Crippen molar-refractivity contribution in [2.24, 2.45) is 0 Å². The lowest BCUT2D eigenvalue weighted by atomic mass is 9.79. The molecule has 0 saturated carbocycles. The molecule has 0 aliphatic carbocycles. The van der Waals surface area contributed by atoms with Crippen LogP contribution in [0.1, 0.15) is 64.0 Å². The first-order valence-electron chi connectivity index (χ1n) is 8.98. The number of unbranched alkanes of at least 4 members (excludes halogenated alkanes) is 3. The van der Waals surface area contributed by atoms with E-state index in [1.807, 2.05) is 43.3 Å². The lowest BCUT2D eigenvalue weighted by molar-refractivity contribution is 0.425. The molecule has 0 aliphatic rings. The molecule has 0 radical (unpaired) electrons. The Balaban J connectivity index is 2.27. The van der Waals surface area contributed by atoms with Crippen LogP contribution in [0.2, 0.25) is 0 Å². The van der Waals surface area contributed by atoms with Gasteiger partial charge in [0.05, 0.1) is 5.56 Å². The van der Waals surface area contributed by atoms with Crippen molar-refractivity contribution in [1.82, 2.24) is 0 Å². The molecule has 0 fully saturated rings. The van der Waals surface area contributed by atoms with Crippen LogP contribution in [0, 0.1) is 6.92 Å². The highest BCUT2D eigenvalue weighted by atomic mass is 16.3. The Morgan fingerprint density at radius 2 is 1.46 bits per heavy atom. The molecular formula is C22H30O2. The van der Waals surface area contributed by atoms with Gasteiger partial charge in [0.1, 0.15) is 11.5 Å². The van der Waals surface area contributed by atoms with E-state index in [1.165, 1.54) is 25.7 Å². The van der Waals surface area contributed by atoms with Gasteiger partial charge in [-0.05, 0) is 42.0 Å². The number of hydrogen-bond acceptors (Lipinski definition) is 2. The maximum atomic E-state index is 10.5. The van der Waals surface area contributed by atoms with E-state index in [1.54, 1.807) is 0 Å². The number of phenolic OH excluding ortho intramolecular Hbond substituents is 2. The Morgan fingerprint density at radius 3 is 2.00 bits per heavy atom. The number of aromatic hydroxyl groups is 2. The minimum absolute atomic E-state index is 0.0610. The lowest BCUT2D eigenvalue weighted by Gasteiger charge is -2.26. The topological polar surface area (TPSA) is 40.5 Å². The van der Waals surface area contributed by atoms with E-state index in [-0.39, 0.29) is 16.9 Å². The maximum absolute atomic E-state index is 10.5. The molecule has 0 bridgehead atoms. The number of hydrogen-bond donors (Lipinski definition) is 2. The first-order chi connectivity index (χ1) is 11.3. The van der Waals surface area contributed by atoms with Crippen molar-refractivity contribution in [1.29, 1.82) is 0 Å². The van der Waals surface area contributed by atoms with Gasteiger partial charge in [-0.1, -0.05) is 76.3 Å². The van der Waals surface area contributed by atoms with E-state index in [0.717, 1.165) is 23.1 Å². The fourth-order valence-electron chi connectivity index (χ4n) is 3.16. The second kappa shape index (κ2) is 7.74. The summed E-state index contributed by atoms with van der Waals surface area (Å²) in [6, 6.07) is 11.5. The van der Waals surface area contributed by atoms with Gasteiger partial charge in [-0.3, -0.25) is 0 Å². The third kappa shape index (κ3) is 4.31. The molecule has 0 amide bonds. The first-order valence-corrected chi connectivity index (χ1v) is 8.98. The molecule has 2 aromatic carbocycles. The fraction of sp³-hybridized carbons (Fsp3) is 0.455. The van der Waals surface area contributed by atoms with Gasteiger partial charge in [-0.25, -0.2) is 0 Å². The van der Waals surface area contributed by atoms with Crippen molar-refractivity contribution < 1.29 is 10.2 Å². The molecule has 0 aliphatic heterocycles. The first kappa shape index (κ1) is 18.4. The zero-order valence-electron chi connectivity index (χ0n) is 15.4. The van der Waals surface area contributed by atoms with E-state index in [0.29, 0.717) is 5.56 Å². The molecule has 2 heteroatoms. The van der Waals surface area contributed by atoms with Crippen molar-refractivity contribution in [3.8, 4) is 22.6 Å². The summed E-state index contributed by atoms with van der Waals surface area (Å²) in [5.41, 5.74) is 3.44. The molecule has 130 valence electrons. The van der Waals surface area contributed by atoms with Crippen LogP contribution in [0.4, 0.5) is 0 Å². The van der Waals surface area contributed by atoms with Gasteiger partial charge in [0.25, 0.3) is 0 Å². The molecule has 0 heterocycles. The highest BCUT2D eigenvalue weighted by molar-refractivity contribution is 5.77. The van der Waals surface area contributed by atoms with Crippen LogP contribution in [-0.4, -0.2) is 10.2 Å². The van der Waals surface area contributed by atoms with Gasteiger partial charge >= 0.3 is 0 Å². The molecular weight excluding hydrogens is 296 g/mol. The Hall–Kier alpha value is -1.96. The normalized spacial score (nSPS) is 11.7. The third-order valence-electron chi connectivity index (χ3n) is 4.87. The molecule has 24 heavy (non-hydrogen) atoms. The minimum atomic E-state index is -0.0610. The predicted octanol–water partition coefficient (Wildman–Crippen LogP) is 6.32. The Labute approximate surface area is 146 Å². The Bertz CT molecular complexity index is 646. The Kier molecular flexibility index (Phi) is 5.93. The second-order valence-electron chi connectivity index (χ2n) is 7.45. The molecule has 2 N–H and O–H groups in total. The standard InChI is InChI=1S/C22H30O2/c1-5-6-7-8-13-22(3,4)18-14-19(23)21(20(24)15-18)17-11-9-16(2)10-12-17/h9-12,14-15,23-24H,5-8,13H2,1-4H3. The molecule has 0 unspecified atom stereocenters. The van der Waals surface area contributed by atoms with E-state index in [4.69, 9.17) is 0 Å². The zero-order valence-corrected chi connectivity index (χ0v) is 15.4. The minimum Gasteiger partial charge on any atom is -0.507 e. The number of phenols is 2. The quantitative estimate of drug-likeness (QED) is 0.584. The van der Waals surface area contributed by atoms with Crippen LogP contribution in [0.15, 0.2) is 36.4 Å². The van der Waals surface area contributed by atoms with E-state index >= 15 is 0 Å². The lowest BCUT2D eigenvalue weighted by Crippen LogP contribution is -2.17. The van der Waals surface area contributed by atoms with Crippen molar-refractivity contribution in [2.45, 2.75) is 65.2 Å². The second-order valence-corrected chi connectivity index (χ2v) is 7.45. The van der Waals surface area contributed by atoms with Crippen LogP contribution < -0.4 is 0 Å². The molecule has 2 rings (SSSR count). The monoisotopic (exact) mass is 326 g/mol. The number of aryl methyl sites for hydroxylation is 1. The molecule has 2 nitrogen and oxygen atoms in total. The van der Waals surface area contributed by atoms with E-state index in [2.05, 4.69) is 20.8 Å². The van der Waals surface area contributed by atoms with Crippen molar-refractivity contribution in [2.75, 3.05) is 0 Å². The number of benzene rings is 2. The summed E-state index contributed by atoms with van der Waals surface area (Å²) in [5.74, 6) is 0.297.